The van der Waals surface area contributed by atoms with E-state index < -0.39 is 11.7 Å². The highest BCUT2D eigenvalue weighted by molar-refractivity contribution is 9.10. The predicted molar refractivity (Wildman–Crippen MR) is 53.5 cm³/mol. The maximum absolute atomic E-state index is 12.6. The van der Waals surface area contributed by atoms with E-state index in [-0.39, 0.29) is 5.39 Å². The van der Waals surface area contributed by atoms with Crippen molar-refractivity contribution in [1.82, 2.24) is 10.2 Å². The van der Waals surface area contributed by atoms with Crippen LogP contribution >= 0.6 is 15.9 Å². The summed E-state index contributed by atoms with van der Waals surface area (Å²) in [6.07, 6.45) is -3.10. The molecule has 1 aromatic heterocycles. The summed E-state index contributed by atoms with van der Waals surface area (Å²) in [7, 11) is 0. The Bertz CT molecular complexity index is 516. The molecule has 2 nitrogen and oxygen atoms in total. The number of nitrogens with one attached hydrogen (secondary N) is 1. The minimum Gasteiger partial charge on any atom is -0.284 e. The highest BCUT2D eigenvalue weighted by Crippen LogP contribution is 2.37. The van der Waals surface area contributed by atoms with Crippen LogP contribution < -0.4 is 0 Å². The Kier molecular flexibility index (Phi) is 2.26. The van der Waals surface area contributed by atoms with E-state index in [2.05, 4.69) is 26.1 Å². The van der Waals surface area contributed by atoms with Crippen LogP contribution in [0.3, 0.4) is 0 Å². The quantitative estimate of drug-likeness (QED) is 0.783. The molecule has 0 saturated heterocycles. The van der Waals surface area contributed by atoms with Crippen molar-refractivity contribution in [2.75, 3.05) is 0 Å². The second-order valence-corrected chi connectivity index (χ2v) is 4.03. The smallest absolute Gasteiger partial charge is 0.284 e. The second-order valence-electron chi connectivity index (χ2n) is 3.18. The molecule has 0 fully saturated rings. The van der Waals surface area contributed by atoms with Crippen molar-refractivity contribution in [3.05, 3.63) is 27.9 Å². The summed E-state index contributed by atoms with van der Waals surface area (Å²) in [6.45, 7) is 1.72. The van der Waals surface area contributed by atoms with E-state index in [0.29, 0.717) is 15.6 Å². The third kappa shape index (κ3) is 1.62. The van der Waals surface area contributed by atoms with Gasteiger partial charge in [0.1, 0.15) is 0 Å². The molecular weight excluding hydrogens is 273 g/mol. The van der Waals surface area contributed by atoms with Gasteiger partial charge in [0.05, 0.1) is 11.1 Å². The van der Waals surface area contributed by atoms with Crippen molar-refractivity contribution in [2.45, 2.75) is 13.1 Å². The molecule has 0 amide bonds. The number of alkyl halides is 3. The third-order valence-corrected chi connectivity index (χ3v) is 3.04. The number of H-pyrrole nitrogens is 1. The zero-order chi connectivity index (χ0) is 11.2. The molecule has 1 aromatic carbocycles. The van der Waals surface area contributed by atoms with Gasteiger partial charge < -0.3 is 0 Å². The molecule has 0 aliphatic carbocycles. The average Bonchev–Trinajstić information content (AvgIpc) is 2.57. The van der Waals surface area contributed by atoms with Crippen molar-refractivity contribution in [1.29, 1.82) is 0 Å². The molecule has 1 N–H and O–H groups in total. The van der Waals surface area contributed by atoms with Crippen LogP contribution in [-0.2, 0) is 6.18 Å². The molecule has 0 spiro atoms. The summed E-state index contributed by atoms with van der Waals surface area (Å²) in [5.41, 5.74) is 0.361. The van der Waals surface area contributed by atoms with Gasteiger partial charge in [-0.3, -0.25) is 5.10 Å². The topological polar surface area (TPSA) is 28.7 Å². The van der Waals surface area contributed by atoms with E-state index in [1.165, 1.54) is 6.20 Å². The van der Waals surface area contributed by atoms with Crippen LogP contribution in [0.4, 0.5) is 13.2 Å². The SMILES string of the molecule is Cc1c(Br)cc(C(F)(F)F)c2c[nH]nc12. The molecule has 0 saturated carbocycles. The minimum atomic E-state index is -4.36. The van der Waals surface area contributed by atoms with Gasteiger partial charge in [0.2, 0.25) is 0 Å². The first-order valence-corrected chi connectivity index (χ1v) is 4.90. The zero-order valence-electron chi connectivity index (χ0n) is 7.61. The maximum Gasteiger partial charge on any atom is 0.417 e. The Morgan fingerprint density at radius 1 is 1.40 bits per heavy atom. The monoisotopic (exact) mass is 278 g/mol. The number of aromatic amines is 1. The average molecular weight is 279 g/mol. The van der Waals surface area contributed by atoms with Crippen molar-refractivity contribution >= 4 is 26.8 Å². The van der Waals surface area contributed by atoms with Crippen molar-refractivity contribution < 1.29 is 13.2 Å². The van der Waals surface area contributed by atoms with Gasteiger partial charge in [0.25, 0.3) is 0 Å². The number of aryl methyl sites for hydroxylation is 1. The molecule has 2 aromatic rings. The molecule has 0 unspecified atom stereocenters. The van der Waals surface area contributed by atoms with Gasteiger partial charge in [0.15, 0.2) is 0 Å². The Morgan fingerprint density at radius 3 is 2.67 bits per heavy atom. The number of nitrogens with zero attached hydrogens (tertiary/aromatic N) is 1. The Morgan fingerprint density at radius 2 is 2.07 bits per heavy atom. The third-order valence-electron chi connectivity index (χ3n) is 2.22. The number of fused-ring (bicyclic) bond motifs is 1. The van der Waals surface area contributed by atoms with E-state index in [9.17, 15) is 13.2 Å². The minimum absolute atomic E-state index is 0.100. The summed E-state index contributed by atoms with van der Waals surface area (Å²) >= 11 is 3.09. The summed E-state index contributed by atoms with van der Waals surface area (Å²) in [4.78, 5) is 0. The fraction of sp³-hybridized carbons (Fsp3) is 0.222. The summed E-state index contributed by atoms with van der Waals surface area (Å²) < 4.78 is 38.3. The van der Waals surface area contributed by atoms with Crippen LogP contribution in [0.1, 0.15) is 11.1 Å². The van der Waals surface area contributed by atoms with Gasteiger partial charge in [0, 0.05) is 16.1 Å². The first kappa shape index (κ1) is 10.5. The summed E-state index contributed by atoms with van der Waals surface area (Å²) in [5.74, 6) is 0. The maximum atomic E-state index is 12.6. The molecular formula is C9H6BrF3N2. The molecule has 2 rings (SSSR count). The number of aromatic nitrogens is 2. The van der Waals surface area contributed by atoms with Crippen LogP contribution in [0.5, 0.6) is 0 Å². The molecule has 0 radical (unpaired) electrons. The van der Waals surface area contributed by atoms with Gasteiger partial charge in [-0.05, 0) is 18.6 Å². The highest BCUT2D eigenvalue weighted by Gasteiger charge is 2.34. The molecule has 80 valence electrons. The first-order chi connectivity index (χ1) is 6.91. The standard InChI is InChI=1S/C9H6BrF3N2/c1-4-7(10)2-6(9(11,12)13)5-3-14-15-8(4)5/h2-3H,1H3,(H,14,15). The molecule has 1 heterocycles. The lowest BCUT2D eigenvalue weighted by Crippen LogP contribution is -2.06. The molecule has 0 atom stereocenters. The second kappa shape index (κ2) is 3.23. The van der Waals surface area contributed by atoms with Gasteiger partial charge in [-0.1, -0.05) is 15.9 Å². The lowest BCUT2D eigenvalue weighted by atomic mass is 10.1. The zero-order valence-corrected chi connectivity index (χ0v) is 9.20. The molecule has 0 aliphatic rings. The van der Waals surface area contributed by atoms with Gasteiger partial charge in [-0.2, -0.15) is 18.3 Å². The van der Waals surface area contributed by atoms with Gasteiger partial charge >= 0.3 is 6.18 Å². The van der Waals surface area contributed by atoms with Gasteiger partial charge in [-0.15, -0.1) is 0 Å². The molecule has 6 heteroatoms. The number of rotatable bonds is 0. The normalized spacial score (nSPS) is 12.3. The highest BCUT2D eigenvalue weighted by atomic mass is 79.9. The molecule has 0 aliphatic heterocycles. The Balaban J connectivity index is 2.86. The lowest BCUT2D eigenvalue weighted by Gasteiger charge is -2.09. The number of halogens is 4. The largest absolute Gasteiger partial charge is 0.417 e. The van der Waals surface area contributed by atoms with Crippen LogP contribution in [-0.4, -0.2) is 10.2 Å². The fourth-order valence-electron chi connectivity index (χ4n) is 1.44. The Labute approximate surface area is 91.6 Å². The van der Waals surface area contributed by atoms with E-state index in [1.807, 2.05) is 0 Å². The van der Waals surface area contributed by atoms with Crippen LogP contribution in [0.2, 0.25) is 0 Å². The number of hydrogen-bond donors (Lipinski definition) is 1. The van der Waals surface area contributed by atoms with E-state index in [1.54, 1.807) is 6.92 Å². The van der Waals surface area contributed by atoms with Crippen molar-refractivity contribution in [3.63, 3.8) is 0 Å². The number of hydrogen-bond acceptors (Lipinski definition) is 1. The first-order valence-electron chi connectivity index (χ1n) is 4.11. The fourth-order valence-corrected chi connectivity index (χ4v) is 1.86. The van der Waals surface area contributed by atoms with Crippen LogP contribution in [0.25, 0.3) is 10.9 Å². The van der Waals surface area contributed by atoms with Crippen LogP contribution in [0.15, 0.2) is 16.7 Å². The Hall–Kier alpha value is -1.04. The van der Waals surface area contributed by atoms with E-state index >= 15 is 0 Å². The number of benzene rings is 1. The molecule has 0 bridgehead atoms. The molecule has 15 heavy (non-hydrogen) atoms. The van der Waals surface area contributed by atoms with Crippen molar-refractivity contribution in [3.8, 4) is 0 Å². The van der Waals surface area contributed by atoms with Gasteiger partial charge in [-0.25, -0.2) is 0 Å². The van der Waals surface area contributed by atoms with E-state index in [4.69, 9.17) is 0 Å². The summed E-state index contributed by atoms with van der Waals surface area (Å²) in [5, 5.41) is 6.35. The van der Waals surface area contributed by atoms with Crippen LogP contribution in [0, 0.1) is 6.92 Å². The lowest BCUT2D eigenvalue weighted by molar-refractivity contribution is -0.136. The predicted octanol–water partition coefficient (Wildman–Crippen LogP) is 3.65. The van der Waals surface area contributed by atoms with Crippen molar-refractivity contribution in [2.24, 2.45) is 0 Å². The summed E-state index contributed by atoms with van der Waals surface area (Å²) in [6, 6.07) is 1.08. The van der Waals surface area contributed by atoms with E-state index in [0.717, 1.165) is 6.07 Å².